The van der Waals surface area contributed by atoms with E-state index in [1.165, 1.54) is 14.2 Å². The number of amides is 1. The van der Waals surface area contributed by atoms with Gasteiger partial charge in [-0.1, -0.05) is 0 Å². The van der Waals surface area contributed by atoms with E-state index in [9.17, 15) is 18.4 Å². The second kappa shape index (κ2) is 6.91. The van der Waals surface area contributed by atoms with Crippen molar-refractivity contribution in [1.82, 2.24) is 4.90 Å². The quantitative estimate of drug-likeness (QED) is 0.766. The Morgan fingerprint density at radius 1 is 1.22 bits per heavy atom. The van der Waals surface area contributed by atoms with Crippen LogP contribution in [-0.4, -0.2) is 57.6 Å². The summed E-state index contributed by atoms with van der Waals surface area (Å²) < 4.78 is 44.3. The Kier molecular flexibility index (Phi) is 5.15. The van der Waals surface area contributed by atoms with E-state index in [1.54, 1.807) is 0 Å². The van der Waals surface area contributed by atoms with Crippen LogP contribution in [0.2, 0.25) is 0 Å². The van der Waals surface area contributed by atoms with Crippen molar-refractivity contribution in [2.24, 2.45) is 0 Å². The number of hydrogen-bond acceptors (Lipinski definition) is 5. The first-order valence-electron chi connectivity index (χ1n) is 6.92. The molecule has 1 amide bonds. The van der Waals surface area contributed by atoms with E-state index in [0.717, 1.165) is 17.0 Å². The Hall–Kier alpha value is -2.22. The summed E-state index contributed by atoms with van der Waals surface area (Å²) in [5, 5.41) is 0. The molecule has 0 radical (unpaired) electrons. The molecule has 0 N–H and O–H groups in total. The van der Waals surface area contributed by atoms with Gasteiger partial charge in [0.2, 0.25) is 0 Å². The Morgan fingerprint density at radius 3 is 2.35 bits per heavy atom. The SMILES string of the molecule is COc1cc(C(F)(F)C(=O)N2CCOCC2)c(OC)cc1C=O. The van der Waals surface area contributed by atoms with Gasteiger partial charge in [0.05, 0.1) is 38.6 Å². The topological polar surface area (TPSA) is 65.1 Å². The first-order chi connectivity index (χ1) is 11.0. The van der Waals surface area contributed by atoms with Crippen molar-refractivity contribution in [2.75, 3.05) is 40.5 Å². The maximum absolute atomic E-state index is 14.7. The van der Waals surface area contributed by atoms with E-state index in [-0.39, 0.29) is 43.4 Å². The summed E-state index contributed by atoms with van der Waals surface area (Å²) in [5.41, 5.74) is -0.582. The highest BCUT2D eigenvalue weighted by Crippen LogP contribution is 2.40. The lowest BCUT2D eigenvalue weighted by Gasteiger charge is -2.30. The number of ether oxygens (including phenoxy) is 3. The van der Waals surface area contributed by atoms with E-state index < -0.39 is 17.4 Å². The minimum atomic E-state index is -3.81. The third-order valence-corrected chi connectivity index (χ3v) is 3.58. The zero-order chi connectivity index (χ0) is 17.0. The number of aldehydes is 1. The second-order valence-corrected chi connectivity index (χ2v) is 4.89. The van der Waals surface area contributed by atoms with Crippen LogP contribution in [0.25, 0.3) is 0 Å². The molecule has 0 saturated carbocycles. The average Bonchev–Trinajstić information content (AvgIpc) is 2.60. The molecule has 1 fully saturated rings. The van der Waals surface area contributed by atoms with Gasteiger partial charge in [-0.25, -0.2) is 0 Å². The molecule has 1 saturated heterocycles. The lowest BCUT2D eigenvalue weighted by Crippen LogP contribution is -2.47. The van der Waals surface area contributed by atoms with Crippen molar-refractivity contribution >= 4 is 12.2 Å². The van der Waals surface area contributed by atoms with Crippen LogP contribution in [0.4, 0.5) is 8.78 Å². The lowest BCUT2D eigenvalue weighted by molar-refractivity contribution is -0.163. The van der Waals surface area contributed by atoms with Crippen LogP contribution in [0.1, 0.15) is 15.9 Å². The van der Waals surface area contributed by atoms with Crippen LogP contribution >= 0.6 is 0 Å². The standard InChI is InChI=1S/C15H17F2NO5/c1-21-12-8-11(13(22-2)7-10(12)9-19)15(16,17)14(20)18-3-5-23-6-4-18/h7-9H,3-6H2,1-2H3. The number of methoxy groups -OCH3 is 2. The van der Waals surface area contributed by atoms with Crippen LogP contribution in [0.15, 0.2) is 12.1 Å². The van der Waals surface area contributed by atoms with Gasteiger partial charge in [0.15, 0.2) is 6.29 Å². The molecule has 1 heterocycles. The molecule has 0 spiro atoms. The maximum Gasteiger partial charge on any atom is 0.353 e. The number of alkyl halides is 2. The summed E-state index contributed by atoms with van der Waals surface area (Å²) in [7, 11) is 2.44. The average molecular weight is 329 g/mol. The van der Waals surface area contributed by atoms with Crippen molar-refractivity contribution in [3.8, 4) is 11.5 Å². The largest absolute Gasteiger partial charge is 0.496 e. The molecule has 1 aliphatic rings. The monoisotopic (exact) mass is 329 g/mol. The van der Waals surface area contributed by atoms with E-state index in [0.29, 0.717) is 6.29 Å². The van der Waals surface area contributed by atoms with Gasteiger partial charge in [-0.05, 0) is 12.1 Å². The van der Waals surface area contributed by atoms with Gasteiger partial charge >= 0.3 is 5.92 Å². The van der Waals surface area contributed by atoms with Gasteiger partial charge in [0.25, 0.3) is 5.91 Å². The minimum Gasteiger partial charge on any atom is -0.496 e. The Balaban J connectivity index is 2.44. The highest BCUT2D eigenvalue weighted by Gasteiger charge is 2.47. The van der Waals surface area contributed by atoms with Gasteiger partial charge in [-0.15, -0.1) is 0 Å². The molecule has 1 aliphatic heterocycles. The summed E-state index contributed by atoms with van der Waals surface area (Å²) >= 11 is 0. The molecule has 2 rings (SSSR count). The third-order valence-electron chi connectivity index (χ3n) is 3.58. The summed E-state index contributed by atoms with van der Waals surface area (Å²) in [6, 6.07) is 2.09. The molecule has 126 valence electrons. The molecule has 6 nitrogen and oxygen atoms in total. The number of halogens is 2. The van der Waals surface area contributed by atoms with Crippen molar-refractivity contribution in [2.45, 2.75) is 5.92 Å². The van der Waals surface area contributed by atoms with Gasteiger partial charge in [-0.2, -0.15) is 8.78 Å². The normalized spacial score (nSPS) is 15.2. The van der Waals surface area contributed by atoms with Crippen LogP contribution in [0.3, 0.4) is 0 Å². The third kappa shape index (κ3) is 3.26. The first-order valence-corrected chi connectivity index (χ1v) is 6.92. The summed E-state index contributed by atoms with van der Waals surface area (Å²) in [6.45, 7) is 0.624. The van der Waals surface area contributed by atoms with Gasteiger partial charge in [0, 0.05) is 13.1 Å². The van der Waals surface area contributed by atoms with Crippen LogP contribution in [-0.2, 0) is 15.5 Å². The predicted octanol–water partition coefficient (Wildman–Crippen LogP) is 1.47. The van der Waals surface area contributed by atoms with Gasteiger partial charge in [0.1, 0.15) is 11.5 Å². The number of rotatable bonds is 5. The summed E-state index contributed by atoms with van der Waals surface area (Å²) in [6.07, 6.45) is 0.465. The molecule has 1 aromatic rings. The van der Waals surface area contributed by atoms with Crippen LogP contribution in [0.5, 0.6) is 11.5 Å². The van der Waals surface area contributed by atoms with Crippen molar-refractivity contribution in [3.63, 3.8) is 0 Å². The highest BCUT2D eigenvalue weighted by atomic mass is 19.3. The smallest absolute Gasteiger partial charge is 0.353 e. The van der Waals surface area contributed by atoms with Crippen molar-refractivity contribution < 1.29 is 32.6 Å². The number of carbonyl (C=O) groups excluding carboxylic acids is 2. The minimum absolute atomic E-state index is 0.0507. The molecular formula is C15H17F2NO5. The fourth-order valence-corrected chi connectivity index (χ4v) is 2.34. The fourth-order valence-electron chi connectivity index (χ4n) is 2.34. The molecule has 0 bridgehead atoms. The Morgan fingerprint density at radius 2 is 1.83 bits per heavy atom. The predicted molar refractivity (Wildman–Crippen MR) is 76.2 cm³/mol. The van der Waals surface area contributed by atoms with Gasteiger partial charge < -0.3 is 19.1 Å². The molecule has 23 heavy (non-hydrogen) atoms. The summed E-state index contributed by atoms with van der Waals surface area (Å²) in [4.78, 5) is 24.2. The number of benzene rings is 1. The van der Waals surface area contributed by atoms with Crippen LogP contribution in [0, 0.1) is 0 Å². The molecule has 0 aliphatic carbocycles. The van der Waals surface area contributed by atoms with E-state index in [4.69, 9.17) is 14.2 Å². The van der Waals surface area contributed by atoms with Crippen LogP contribution < -0.4 is 9.47 Å². The molecular weight excluding hydrogens is 312 g/mol. The molecule has 8 heteroatoms. The second-order valence-electron chi connectivity index (χ2n) is 4.89. The van der Waals surface area contributed by atoms with Crippen molar-refractivity contribution in [1.29, 1.82) is 0 Å². The van der Waals surface area contributed by atoms with Gasteiger partial charge in [-0.3, -0.25) is 9.59 Å². The summed E-state index contributed by atoms with van der Waals surface area (Å²) in [5.74, 6) is -5.44. The number of nitrogens with zero attached hydrogens (tertiary/aromatic N) is 1. The van der Waals surface area contributed by atoms with E-state index in [1.807, 2.05) is 0 Å². The maximum atomic E-state index is 14.7. The van der Waals surface area contributed by atoms with E-state index in [2.05, 4.69) is 0 Å². The number of morpholine rings is 1. The highest BCUT2D eigenvalue weighted by molar-refractivity contribution is 5.87. The number of hydrogen-bond donors (Lipinski definition) is 0. The van der Waals surface area contributed by atoms with E-state index >= 15 is 0 Å². The van der Waals surface area contributed by atoms with Crippen molar-refractivity contribution in [3.05, 3.63) is 23.3 Å². The molecule has 0 aromatic heterocycles. The first kappa shape index (κ1) is 17.1. The molecule has 1 aromatic carbocycles. The zero-order valence-corrected chi connectivity index (χ0v) is 12.8. The Labute approximate surface area is 131 Å². The lowest BCUT2D eigenvalue weighted by atomic mass is 10.0. The molecule has 0 unspecified atom stereocenters. The molecule has 0 atom stereocenters. The fraction of sp³-hybridized carbons (Fsp3) is 0.467. The number of carbonyl (C=O) groups is 2. The zero-order valence-electron chi connectivity index (χ0n) is 12.8. The Bertz CT molecular complexity index is 600.